The lowest BCUT2D eigenvalue weighted by molar-refractivity contribution is -0.384. The Kier molecular flexibility index (Phi) is 6.52. The number of carbonyl (C=O) groups excluding carboxylic acids is 2. The van der Waals surface area contributed by atoms with Crippen LogP contribution in [-0.2, 0) is 9.53 Å². The molecule has 9 nitrogen and oxygen atoms in total. The van der Waals surface area contributed by atoms with Crippen LogP contribution in [-0.4, -0.2) is 35.0 Å². The van der Waals surface area contributed by atoms with Crippen molar-refractivity contribution in [3.8, 4) is 15.6 Å². The normalized spacial score (nSPS) is 10.4. The molecule has 0 saturated heterocycles. The number of esters is 1. The number of ether oxygens (including phenoxy) is 2. The molecule has 3 aromatic rings. The molecule has 1 amide bonds. The third-order valence-corrected chi connectivity index (χ3v) is 5.41. The number of nitro benzene ring substituents is 1. The van der Waals surface area contributed by atoms with Gasteiger partial charge in [0.05, 0.1) is 22.5 Å². The quantitative estimate of drug-likeness (QED) is 0.324. The van der Waals surface area contributed by atoms with Gasteiger partial charge in [0.2, 0.25) is 0 Å². The Labute approximate surface area is 173 Å². The number of hydrogen-bond acceptors (Lipinski definition) is 9. The summed E-state index contributed by atoms with van der Waals surface area (Å²) >= 11 is 2.79. The van der Waals surface area contributed by atoms with Crippen LogP contribution in [0, 0.1) is 10.1 Å². The van der Waals surface area contributed by atoms with Crippen molar-refractivity contribution in [1.29, 1.82) is 0 Å². The van der Waals surface area contributed by atoms with Gasteiger partial charge in [-0.3, -0.25) is 14.9 Å². The summed E-state index contributed by atoms with van der Waals surface area (Å²) in [4.78, 5) is 39.9. The van der Waals surface area contributed by atoms with Crippen molar-refractivity contribution in [2.75, 3.05) is 18.5 Å². The van der Waals surface area contributed by atoms with Crippen molar-refractivity contribution in [2.45, 2.75) is 6.92 Å². The molecule has 2 aromatic heterocycles. The summed E-state index contributed by atoms with van der Waals surface area (Å²) in [6, 6.07) is 7.84. The number of thiophene rings is 1. The summed E-state index contributed by atoms with van der Waals surface area (Å²) in [5.74, 6) is -1.14. The first-order valence-corrected chi connectivity index (χ1v) is 10.1. The molecule has 150 valence electrons. The molecular formula is C18H15N3O6S2. The van der Waals surface area contributed by atoms with E-state index >= 15 is 0 Å². The van der Waals surface area contributed by atoms with Gasteiger partial charge >= 0.3 is 5.97 Å². The summed E-state index contributed by atoms with van der Waals surface area (Å²) in [5, 5.41) is 17.7. The van der Waals surface area contributed by atoms with Gasteiger partial charge < -0.3 is 14.8 Å². The second-order valence-corrected chi connectivity index (χ2v) is 7.31. The lowest BCUT2D eigenvalue weighted by Gasteiger charge is -2.08. The van der Waals surface area contributed by atoms with Crippen LogP contribution in [0.5, 0.6) is 5.75 Å². The van der Waals surface area contributed by atoms with Crippen molar-refractivity contribution in [1.82, 2.24) is 4.98 Å². The molecular weight excluding hydrogens is 418 g/mol. The van der Waals surface area contributed by atoms with E-state index in [2.05, 4.69) is 10.3 Å². The average Bonchev–Trinajstić information content (AvgIpc) is 3.39. The zero-order chi connectivity index (χ0) is 20.8. The topological polar surface area (TPSA) is 121 Å². The zero-order valence-electron chi connectivity index (χ0n) is 15.1. The molecule has 0 fully saturated rings. The second kappa shape index (κ2) is 9.26. The molecule has 2 heterocycles. The van der Waals surface area contributed by atoms with Gasteiger partial charge in [0.25, 0.3) is 11.6 Å². The highest BCUT2D eigenvalue weighted by Crippen LogP contribution is 2.29. The van der Waals surface area contributed by atoms with E-state index in [1.165, 1.54) is 40.9 Å². The SMILES string of the molecule is CCOc1ccc(NC(=O)COC(=O)c2csc(-c3cccs3)n2)c([N+](=O)[O-])c1. The second-order valence-electron chi connectivity index (χ2n) is 5.51. The first-order chi connectivity index (χ1) is 14.0. The summed E-state index contributed by atoms with van der Waals surface area (Å²) in [6.45, 7) is 1.50. The van der Waals surface area contributed by atoms with Gasteiger partial charge in [0, 0.05) is 5.38 Å². The maximum atomic E-state index is 12.1. The van der Waals surface area contributed by atoms with Gasteiger partial charge in [-0.15, -0.1) is 22.7 Å². The third kappa shape index (κ3) is 5.15. The summed E-state index contributed by atoms with van der Waals surface area (Å²) in [5.41, 5.74) is -0.248. The van der Waals surface area contributed by atoms with E-state index in [-0.39, 0.29) is 17.1 Å². The van der Waals surface area contributed by atoms with Crippen molar-refractivity contribution >= 4 is 45.9 Å². The fourth-order valence-corrected chi connectivity index (χ4v) is 3.90. The van der Waals surface area contributed by atoms with Crippen LogP contribution in [0.15, 0.2) is 41.1 Å². The van der Waals surface area contributed by atoms with E-state index in [1.807, 2.05) is 17.5 Å². The zero-order valence-corrected chi connectivity index (χ0v) is 16.7. The van der Waals surface area contributed by atoms with Crippen molar-refractivity contribution in [3.05, 3.63) is 56.9 Å². The first kappa shape index (κ1) is 20.4. The Balaban J connectivity index is 1.60. The number of carbonyl (C=O) groups is 2. The van der Waals surface area contributed by atoms with Gasteiger partial charge in [-0.1, -0.05) is 6.07 Å². The summed E-state index contributed by atoms with van der Waals surface area (Å²) in [6.07, 6.45) is 0. The van der Waals surface area contributed by atoms with Gasteiger partial charge in [0.15, 0.2) is 12.3 Å². The number of anilines is 1. The highest BCUT2D eigenvalue weighted by Gasteiger charge is 2.19. The minimum atomic E-state index is -0.750. The molecule has 0 radical (unpaired) electrons. The predicted octanol–water partition coefficient (Wildman–Crippen LogP) is 3.97. The maximum absolute atomic E-state index is 12.1. The van der Waals surface area contributed by atoms with Crippen LogP contribution in [0.4, 0.5) is 11.4 Å². The lowest BCUT2D eigenvalue weighted by Crippen LogP contribution is -2.21. The van der Waals surface area contributed by atoms with Gasteiger partial charge in [-0.2, -0.15) is 0 Å². The Morgan fingerprint density at radius 2 is 2.10 bits per heavy atom. The fourth-order valence-electron chi connectivity index (χ4n) is 2.30. The number of thiazole rings is 1. The van der Waals surface area contributed by atoms with Crippen LogP contribution < -0.4 is 10.1 Å². The van der Waals surface area contributed by atoms with Gasteiger partial charge in [-0.05, 0) is 30.5 Å². The molecule has 0 saturated carbocycles. The third-order valence-electron chi connectivity index (χ3n) is 3.53. The van der Waals surface area contributed by atoms with Crippen LogP contribution in [0.3, 0.4) is 0 Å². The highest BCUT2D eigenvalue weighted by atomic mass is 32.1. The molecule has 0 spiro atoms. The molecule has 0 unspecified atom stereocenters. The molecule has 0 aliphatic rings. The number of nitrogens with zero attached hydrogens (tertiary/aromatic N) is 2. The number of nitrogens with one attached hydrogen (secondary N) is 1. The molecule has 1 N–H and O–H groups in total. The van der Waals surface area contributed by atoms with E-state index in [9.17, 15) is 19.7 Å². The lowest BCUT2D eigenvalue weighted by atomic mass is 10.2. The van der Waals surface area contributed by atoms with Crippen molar-refractivity contribution in [3.63, 3.8) is 0 Å². The first-order valence-electron chi connectivity index (χ1n) is 8.35. The van der Waals surface area contributed by atoms with E-state index in [4.69, 9.17) is 9.47 Å². The standard InChI is InChI=1S/C18H15N3O6S2/c1-2-26-11-5-6-12(14(8-11)21(24)25)19-16(22)9-27-18(23)13-10-29-17(20-13)15-4-3-7-28-15/h3-8,10H,2,9H2,1H3,(H,19,22). The van der Waals surface area contributed by atoms with Crippen molar-refractivity contribution in [2.24, 2.45) is 0 Å². The predicted molar refractivity (Wildman–Crippen MR) is 109 cm³/mol. The average molecular weight is 433 g/mol. The van der Waals surface area contributed by atoms with Crippen LogP contribution in [0.2, 0.25) is 0 Å². The van der Waals surface area contributed by atoms with Crippen LogP contribution in [0.1, 0.15) is 17.4 Å². The fraction of sp³-hybridized carbons (Fsp3) is 0.167. The number of benzene rings is 1. The summed E-state index contributed by atoms with van der Waals surface area (Å²) < 4.78 is 10.2. The van der Waals surface area contributed by atoms with E-state index < -0.39 is 23.4 Å². The number of rotatable bonds is 8. The molecule has 3 rings (SSSR count). The van der Waals surface area contributed by atoms with Crippen molar-refractivity contribution < 1.29 is 24.0 Å². The van der Waals surface area contributed by atoms with E-state index in [0.29, 0.717) is 17.4 Å². The number of amides is 1. The van der Waals surface area contributed by atoms with E-state index in [1.54, 1.807) is 12.3 Å². The molecule has 1 aromatic carbocycles. The maximum Gasteiger partial charge on any atom is 0.358 e. The molecule has 29 heavy (non-hydrogen) atoms. The number of nitro groups is 1. The summed E-state index contributed by atoms with van der Waals surface area (Å²) in [7, 11) is 0. The van der Waals surface area contributed by atoms with E-state index in [0.717, 1.165) is 4.88 Å². The molecule has 0 bridgehead atoms. The highest BCUT2D eigenvalue weighted by molar-refractivity contribution is 7.20. The number of aromatic nitrogens is 1. The van der Waals surface area contributed by atoms with Gasteiger partial charge in [-0.25, -0.2) is 9.78 Å². The minimum absolute atomic E-state index is 0.0202. The van der Waals surface area contributed by atoms with Crippen LogP contribution >= 0.6 is 22.7 Å². The molecule has 0 aliphatic heterocycles. The Morgan fingerprint density at radius 3 is 2.79 bits per heavy atom. The number of hydrogen-bond donors (Lipinski definition) is 1. The molecule has 11 heteroatoms. The smallest absolute Gasteiger partial charge is 0.358 e. The Hall–Kier alpha value is -3.31. The molecule has 0 aliphatic carbocycles. The Morgan fingerprint density at radius 1 is 1.28 bits per heavy atom. The monoisotopic (exact) mass is 433 g/mol. The van der Waals surface area contributed by atoms with Gasteiger partial charge in [0.1, 0.15) is 16.4 Å². The Bertz CT molecular complexity index is 1030. The van der Waals surface area contributed by atoms with Crippen LogP contribution in [0.25, 0.3) is 9.88 Å². The molecule has 0 atom stereocenters. The largest absolute Gasteiger partial charge is 0.494 e. The minimum Gasteiger partial charge on any atom is -0.494 e.